The highest BCUT2D eigenvalue weighted by atomic mass is 16.2. The summed E-state index contributed by atoms with van der Waals surface area (Å²) in [4.78, 5) is 44.7. The van der Waals surface area contributed by atoms with Gasteiger partial charge in [-0.2, -0.15) is 0 Å². The number of unbranched alkanes of at least 4 members (excludes halogenated alkanes) is 1. The van der Waals surface area contributed by atoms with Gasteiger partial charge in [-0.15, -0.1) is 0 Å². The third-order valence-corrected chi connectivity index (χ3v) is 3.23. The number of amides is 2. The maximum Gasteiger partial charge on any atom is 0.239 e. The first-order chi connectivity index (χ1) is 10.4. The summed E-state index contributed by atoms with van der Waals surface area (Å²) in [5.74, 6) is -0.499. The number of nitrogens with one attached hydrogen (secondary N) is 3. The Morgan fingerprint density at radius 1 is 0.909 bits per heavy atom. The second-order valence-corrected chi connectivity index (χ2v) is 5.28. The fourth-order valence-electron chi connectivity index (χ4n) is 1.87. The predicted octanol–water partition coefficient (Wildman–Crippen LogP) is -0.0647. The minimum atomic E-state index is -0.302. The molecule has 0 aliphatic heterocycles. The first kappa shape index (κ1) is 20.2. The lowest BCUT2D eigenvalue weighted by Gasteiger charge is -2.12. The molecule has 0 aromatic carbocycles. The average molecular weight is 313 g/mol. The van der Waals surface area contributed by atoms with Gasteiger partial charge in [0.2, 0.25) is 11.8 Å². The lowest BCUT2D eigenvalue weighted by molar-refractivity contribution is -0.127. The van der Waals surface area contributed by atoms with Crippen LogP contribution in [0.2, 0.25) is 0 Å². The van der Waals surface area contributed by atoms with Crippen LogP contribution in [0.1, 0.15) is 46.0 Å². The van der Waals surface area contributed by atoms with Crippen LogP contribution in [-0.2, 0) is 19.2 Å². The predicted molar refractivity (Wildman–Crippen MR) is 83.3 cm³/mol. The molecule has 0 bridgehead atoms. The van der Waals surface area contributed by atoms with E-state index in [9.17, 15) is 19.2 Å². The average Bonchev–Trinajstić information content (AvgIpc) is 2.46. The largest absolute Gasteiger partial charge is 0.355 e. The zero-order valence-electron chi connectivity index (χ0n) is 13.7. The van der Waals surface area contributed by atoms with E-state index < -0.39 is 0 Å². The SMILES string of the molecule is CNC(CCCCNC(=O)CNC(=O)CCC(C)=O)C(C)=O. The molecule has 0 aromatic rings. The van der Waals surface area contributed by atoms with Crippen LogP contribution in [0.3, 0.4) is 0 Å². The van der Waals surface area contributed by atoms with Gasteiger partial charge in [0.05, 0.1) is 12.6 Å². The molecule has 22 heavy (non-hydrogen) atoms. The molecule has 0 heterocycles. The molecule has 0 aliphatic carbocycles. The van der Waals surface area contributed by atoms with Gasteiger partial charge < -0.3 is 20.7 Å². The lowest BCUT2D eigenvalue weighted by Crippen LogP contribution is -2.37. The summed E-state index contributed by atoms with van der Waals surface area (Å²) in [5.41, 5.74) is 0. The minimum Gasteiger partial charge on any atom is -0.355 e. The van der Waals surface area contributed by atoms with Crippen molar-refractivity contribution in [3.63, 3.8) is 0 Å². The summed E-state index contributed by atoms with van der Waals surface area (Å²) in [5, 5.41) is 8.11. The third kappa shape index (κ3) is 11.0. The Kier molecular flexibility index (Phi) is 10.9. The van der Waals surface area contributed by atoms with Crippen LogP contribution in [0.15, 0.2) is 0 Å². The molecule has 0 radical (unpaired) electrons. The van der Waals surface area contributed by atoms with E-state index >= 15 is 0 Å². The van der Waals surface area contributed by atoms with Gasteiger partial charge in [0.1, 0.15) is 11.6 Å². The Hall–Kier alpha value is -1.76. The lowest BCUT2D eigenvalue weighted by atomic mass is 10.1. The van der Waals surface area contributed by atoms with Crippen molar-refractivity contribution in [1.29, 1.82) is 0 Å². The number of likely N-dealkylation sites (N-methyl/N-ethyl adjacent to an activating group) is 1. The third-order valence-electron chi connectivity index (χ3n) is 3.23. The van der Waals surface area contributed by atoms with Gasteiger partial charge in [-0.1, -0.05) is 0 Å². The summed E-state index contributed by atoms with van der Waals surface area (Å²) >= 11 is 0. The fourth-order valence-corrected chi connectivity index (χ4v) is 1.87. The molecule has 0 rings (SSSR count). The summed E-state index contributed by atoms with van der Waals surface area (Å²) in [6, 6.07) is -0.128. The maximum absolute atomic E-state index is 11.5. The molecular formula is C15H27N3O4. The highest BCUT2D eigenvalue weighted by molar-refractivity contribution is 5.87. The van der Waals surface area contributed by atoms with Crippen LogP contribution in [0.25, 0.3) is 0 Å². The molecular weight excluding hydrogens is 286 g/mol. The van der Waals surface area contributed by atoms with Crippen molar-refractivity contribution in [3.8, 4) is 0 Å². The number of carbonyl (C=O) groups excluding carboxylic acids is 4. The van der Waals surface area contributed by atoms with Gasteiger partial charge >= 0.3 is 0 Å². The van der Waals surface area contributed by atoms with Crippen molar-refractivity contribution in [1.82, 2.24) is 16.0 Å². The first-order valence-electron chi connectivity index (χ1n) is 7.57. The van der Waals surface area contributed by atoms with Crippen LogP contribution in [0.4, 0.5) is 0 Å². The number of hydrogen-bond acceptors (Lipinski definition) is 5. The highest BCUT2D eigenvalue weighted by Gasteiger charge is 2.10. The van der Waals surface area contributed by atoms with Crippen LogP contribution in [0, 0.1) is 0 Å². The van der Waals surface area contributed by atoms with E-state index in [4.69, 9.17) is 0 Å². The molecule has 0 saturated heterocycles. The van der Waals surface area contributed by atoms with E-state index in [-0.39, 0.29) is 48.8 Å². The van der Waals surface area contributed by atoms with Gasteiger partial charge in [0.15, 0.2) is 0 Å². The smallest absolute Gasteiger partial charge is 0.239 e. The summed E-state index contributed by atoms with van der Waals surface area (Å²) in [6.45, 7) is 3.41. The van der Waals surface area contributed by atoms with E-state index in [0.29, 0.717) is 6.54 Å². The van der Waals surface area contributed by atoms with Crippen molar-refractivity contribution in [2.75, 3.05) is 20.1 Å². The van der Waals surface area contributed by atoms with E-state index in [1.807, 2.05) is 0 Å². The van der Waals surface area contributed by atoms with Crippen molar-refractivity contribution in [3.05, 3.63) is 0 Å². The van der Waals surface area contributed by atoms with Crippen molar-refractivity contribution >= 4 is 23.4 Å². The molecule has 0 fully saturated rings. The maximum atomic E-state index is 11.5. The number of rotatable bonds is 12. The molecule has 0 aliphatic rings. The number of ketones is 2. The molecule has 7 nitrogen and oxygen atoms in total. The van der Waals surface area contributed by atoms with Crippen LogP contribution < -0.4 is 16.0 Å². The second kappa shape index (κ2) is 11.9. The molecule has 1 unspecified atom stereocenters. The Bertz CT molecular complexity index is 396. The Morgan fingerprint density at radius 3 is 2.14 bits per heavy atom. The van der Waals surface area contributed by atoms with Crippen LogP contribution in [0.5, 0.6) is 0 Å². The topological polar surface area (TPSA) is 104 Å². The molecule has 3 N–H and O–H groups in total. The Morgan fingerprint density at radius 2 is 1.59 bits per heavy atom. The number of carbonyl (C=O) groups is 4. The quantitative estimate of drug-likeness (QED) is 0.438. The normalized spacial score (nSPS) is 11.6. The molecule has 7 heteroatoms. The fraction of sp³-hybridized carbons (Fsp3) is 0.733. The number of hydrogen-bond donors (Lipinski definition) is 3. The van der Waals surface area contributed by atoms with Gasteiger partial charge in [-0.05, 0) is 40.2 Å². The summed E-state index contributed by atoms with van der Waals surface area (Å²) in [6.07, 6.45) is 2.64. The zero-order chi connectivity index (χ0) is 17.0. The number of Topliss-reactive ketones (excluding diaryl/α,β-unsaturated/α-hetero) is 2. The minimum absolute atomic E-state index is 0.0509. The molecule has 1 atom stereocenters. The van der Waals surface area contributed by atoms with E-state index in [2.05, 4.69) is 16.0 Å². The molecule has 0 saturated carbocycles. The van der Waals surface area contributed by atoms with Gasteiger partial charge in [-0.3, -0.25) is 14.4 Å². The zero-order valence-corrected chi connectivity index (χ0v) is 13.7. The van der Waals surface area contributed by atoms with E-state index in [1.54, 1.807) is 14.0 Å². The first-order valence-corrected chi connectivity index (χ1v) is 7.57. The van der Waals surface area contributed by atoms with Crippen molar-refractivity contribution in [2.45, 2.75) is 52.0 Å². The van der Waals surface area contributed by atoms with Crippen LogP contribution >= 0.6 is 0 Å². The second-order valence-electron chi connectivity index (χ2n) is 5.28. The monoisotopic (exact) mass is 313 g/mol. The van der Waals surface area contributed by atoms with Crippen molar-refractivity contribution < 1.29 is 19.2 Å². The highest BCUT2D eigenvalue weighted by Crippen LogP contribution is 2.01. The molecule has 2 amide bonds. The van der Waals surface area contributed by atoms with E-state index in [0.717, 1.165) is 19.3 Å². The molecule has 126 valence electrons. The Labute approximate surface area is 131 Å². The van der Waals surface area contributed by atoms with Gasteiger partial charge in [0.25, 0.3) is 0 Å². The molecule has 0 spiro atoms. The molecule has 0 aromatic heterocycles. The Balaban J connectivity index is 3.63. The van der Waals surface area contributed by atoms with Gasteiger partial charge in [0, 0.05) is 19.4 Å². The van der Waals surface area contributed by atoms with Crippen molar-refractivity contribution in [2.24, 2.45) is 0 Å². The van der Waals surface area contributed by atoms with E-state index in [1.165, 1.54) is 6.92 Å². The van der Waals surface area contributed by atoms with Gasteiger partial charge in [-0.25, -0.2) is 0 Å². The standard InChI is InChI=1S/C15H27N3O4/c1-11(19)7-8-14(21)18-10-15(22)17-9-5-4-6-13(16-3)12(2)20/h13,16H,4-10H2,1-3H3,(H,17,22)(H,18,21). The summed E-state index contributed by atoms with van der Waals surface area (Å²) < 4.78 is 0. The van der Waals surface area contributed by atoms with Crippen LogP contribution in [-0.4, -0.2) is 49.6 Å². The summed E-state index contributed by atoms with van der Waals surface area (Å²) in [7, 11) is 1.75.